The molecule has 1 aliphatic heterocycles. The van der Waals surface area contributed by atoms with E-state index in [9.17, 15) is 4.79 Å². The molecule has 166 valence electrons. The predicted octanol–water partition coefficient (Wildman–Crippen LogP) is 4.51. The van der Waals surface area contributed by atoms with Crippen molar-refractivity contribution in [3.05, 3.63) is 82.9 Å². The summed E-state index contributed by atoms with van der Waals surface area (Å²) in [6, 6.07) is 18.8. The zero-order valence-electron chi connectivity index (χ0n) is 18.8. The summed E-state index contributed by atoms with van der Waals surface area (Å²) in [6.07, 6.45) is 0.720. The molecule has 0 bridgehead atoms. The van der Waals surface area contributed by atoms with Gasteiger partial charge in [-0.3, -0.25) is 4.79 Å². The van der Waals surface area contributed by atoms with E-state index in [-0.39, 0.29) is 11.9 Å². The zero-order chi connectivity index (χ0) is 22.7. The van der Waals surface area contributed by atoms with Gasteiger partial charge < -0.3 is 23.8 Å². The largest absolute Gasteiger partial charge is 0.497 e. The van der Waals surface area contributed by atoms with Crippen LogP contribution in [0.5, 0.6) is 23.0 Å². The fourth-order valence-electron chi connectivity index (χ4n) is 4.23. The van der Waals surface area contributed by atoms with Gasteiger partial charge in [0.2, 0.25) is 0 Å². The number of fused-ring (bicyclic) bond motifs is 1. The molecule has 1 atom stereocenters. The second kappa shape index (κ2) is 9.22. The monoisotopic (exact) mass is 433 g/mol. The van der Waals surface area contributed by atoms with Gasteiger partial charge in [-0.2, -0.15) is 0 Å². The van der Waals surface area contributed by atoms with E-state index >= 15 is 0 Å². The third-order valence-electron chi connectivity index (χ3n) is 5.88. The summed E-state index contributed by atoms with van der Waals surface area (Å²) < 4.78 is 21.7. The van der Waals surface area contributed by atoms with Crippen molar-refractivity contribution in [3.63, 3.8) is 0 Å². The maximum atomic E-state index is 13.7. The third kappa shape index (κ3) is 3.96. The lowest BCUT2D eigenvalue weighted by Gasteiger charge is -2.38. The van der Waals surface area contributed by atoms with Crippen LogP contribution in [0.15, 0.2) is 60.7 Å². The van der Waals surface area contributed by atoms with E-state index in [1.165, 1.54) is 0 Å². The summed E-state index contributed by atoms with van der Waals surface area (Å²) in [4.78, 5) is 15.6. The van der Waals surface area contributed by atoms with Gasteiger partial charge >= 0.3 is 0 Å². The molecule has 4 rings (SSSR count). The molecule has 6 heteroatoms. The Labute approximate surface area is 188 Å². The topological polar surface area (TPSA) is 57.2 Å². The highest BCUT2D eigenvalue weighted by molar-refractivity contribution is 5.95. The number of benzene rings is 3. The molecule has 0 aliphatic carbocycles. The number of hydrogen-bond donors (Lipinski definition) is 0. The Hall–Kier alpha value is -3.67. The first kappa shape index (κ1) is 21.6. The third-order valence-corrected chi connectivity index (χ3v) is 5.88. The van der Waals surface area contributed by atoms with Crippen LogP contribution in [0.3, 0.4) is 0 Å². The number of carbonyl (C=O) groups excluding carboxylic acids is 1. The van der Waals surface area contributed by atoms with Crippen molar-refractivity contribution in [1.82, 2.24) is 4.90 Å². The van der Waals surface area contributed by atoms with Crippen LogP contribution < -0.4 is 18.9 Å². The normalized spacial score (nSPS) is 15.0. The van der Waals surface area contributed by atoms with E-state index in [0.29, 0.717) is 29.4 Å². The van der Waals surface area contributed by atoms with E-state index < -0.39 is 0 Å². The fraction of sp³-hybridized carbons (Fsp3) is 0.269. The van der Waals surface area contributed by atoms with Crippen LogP contribution in [0.2, 0.25) is 0 Å². The van der Waals surface area contributed by atoms with Crippen molar-refractivity contribution in [2.24, 2.45) is 0 Å². The number of ether oxygens (including phenoxy) is 4. The highest BCUT2D eigenvalue weighted by Gasteiger charge is 2.34. The van der Waals surface area contributed by atoms with Crippen LogP contribution in [0.1, 0.15) is 33.1 Å². The minimum absolute atomic E-state index is 0.0508. The van der Waals surface area contributed by atoms with Crippen LogP contribution in [0.25, 0.3) is 0 Å². The average Bonchev–Trinajstić information content (AvgIpc) is 2.86. The molecule has 1 unspecified atom stereocenters. The van der Waals surface area contributed by atoms with Crippen molar-refractivity contribution in [2.75, 3.05) is 35.0 Å². The van der Waals surface area contributed by atoms with Gasteiger partial charge in [0.05, 0.1) is 34.5 Å². The first-order valence-electron chi connectivity index (χ1n) is 10.4. The van der Waals surface area contributed by atoms with Gasteiger partial charge in [-0.05, 0) is 65.6 Å². The molecule has 0 saturated carbocycles. The maximum Gasteiger partial charge on any atom is 0.254 e. The second-order valence-corrected chi connectivity index (χ2v) is 7.56. The second-order valence-electron chi connectivity index (χ2n) is 7.56. The van der Waals surface area contributed by atoms with Crippen LogP contribution in [0.4, 0.5) is 0 Å². The fourth-order valence-corrected chi connectivity index (χ4v) is 4.23. The first-order valence-corrected chi connectivity index (χ1v) is 10.4. The number of methoxy groups -OCH3 is 4. The molecule has 0 radical (unpaired) electrons. The lowest BCUT2D eigenvalue weighted by molar-refractivity contribution is 0.0694. The Morgan fingerprint density at radius 3 is 2.16 bits per heavy atom. The predicted molar refractivity (Wildman–Crippen MR) is 122 cm³/mol. The van der Waals surface area contributed by atoms with Gasteiger partial charge in [-0.25, -0.2) is 0 Å². The number of hydrogen-bond acceptors (Lipinski definition) is 5. The van der Waals surface area contributed by atoms with Crippen molar-refractivity contribution >= 4 is 5.91 Å². The summed E-state index contributed by atoms with van der Waals surface area (Å²) in [7, 11) is 6.49. The summed E-state index contributed by atoms with van der Waals surface area (Å²) in [5.74, 6) is 2.70. The van der Waals surface area contributed by atoms with E-state index in [2.05, 4.69) is 0 Å². The maximum absolute atomic E-state index is 13.7. The van der Waals surface area contributed by atoms with E-state index in [1.54, 1.807) is 34.5 Å². The van der Waals surface area contributed by atoms with Gasteiger partial charge in [0.25, 0.3) is 5.91 Å². The zero-order valence-corrected chi connectivity index (χ0v) is 18.8. The molecular formula is C26H27NO5. The number of carbonyl (C=O) groups is 1. The number of rotatable bonds is 6. The van der Waals surface area contributed by atoms with Gasteiger partial charge in [0.1, 0.15) is 11.5 Å². The molecule has 3 aromatic rings. The molecule has 0 aromatic heterocycles. The highest BCUT2D eigenvalue weighted by Crippen LogP contribution is 2.42. The summed E-state index contributed by atoms with van der Waals surface area (Å²) >= 11 is 0. The van der Waals surface area contributed by atoms with Crippen LogP contribution in [-0.2, 0) is 6.42 Å². The van der Waals surface area contributed by atoms with Gasteiger partial charge in [-0.1, -0.05) is 18.2 Å². The highest BCUT2D eigenvalue weighted by atomic mass is 16.5. The molecule has 0 saturated heterocycles. The summed E-state index contributed by atoms with van der Waals surface area (Å²) in [5.41, 5.74) is 3.75. The van der Waals surface area contributed by atoms with Crippen molar-refractivity contribution < 1.29 is 23.7 Å². The summed E-state index contributed by atoms with van der Waals surface area (Å²) in [6.45, 7) is 0.579. The Kier molecular flexibility index (Phi) is 6.21. The average molecular weight is 434 g/mol. The Balaban J connectivity index is 1.83. The van der Waals surface area contributed by atoms with Gasteiger partial charge in [0.15, 0.2) is 11.5 Å². The molecule has 3 aromatic carbocycles. The van der Waals surface area contributed by atoms with Crippen LogP contribution in [0, 0.1) is 0 Å². The van der Waals surface area contributed by atoms with Gasteiger partial charge in [0, 0.05) is 12.1 Å². The van der Waals surface area contributed by atoms with E-state index in [4.69, 9.17) is 18.9 Å². The molecule has 0 fully saturated rings. The van der Waals surface area contributed by atoms with Crippen LogP contribution >= 0.6 is 0 Å². The SMILES string of the molecule is COc1ccc(C2c3cc(OC)c(OC)cc3CCN2C(=O)c2cccc(OC)c2)cc1. The minimum atomic E-state index is -0.275. The molecular weight excluding hydrogens is 406 g/mol. The smallest absolute Gasteiger partial charge is 0.254 e. The van der Waals surface area contributed by atoms with Crippen LogP contribution in [-0.4, -0.2) is 45.8 Å². The molecule has 1 amide bonds. The Morgan fingerprint density at radius 2 is 1.50 bits per heavy atom. The van der Waals surface area contributed by atoms with Crippen molar-refractivity contribution in [1.29, 1.82) is 0 Å². The molecule has 32 heavy (non-hydrogen) atoms. The summed E-state index contributed by atoms with van der Waals surface area (Å²) in [5, 5.41) is 0. The molecule has 1 aliphatic rings. The Morgan fingerprint density at radius 1 is 0.812 bits per heavy atom. The molecule has 1 heterocycles. The minimum Gasteiger partial charge on any atom is -0.497 e. The molecule has 6 nitrogen and oxygen atoms in total. The molecule has 0 N–H and O–H groups in total. The first-order chi connectivity index (χ1) is 15.6. The van der Waals surface area contributed by atoms with E-state index in [1.807, 2.05) is 59.5 Å². The molecule has 0 spiro atoms. The van der Waals surface area contributed by atoms with Gasteiger partial charge in [-0.15, -0.1) is 0 Å². The quantitative estimate of drug-likeness (QED) is 0.573. The lowest BCUT2D eigenvalue weighted by Crippen LogP contribution is -2.40. The Bertz CT molecular complexity index is 1110. The number of nitrogens with zero attached hydrogens (tertiary/aromatic N) is 1. The van der Waals surface area contributed by atoms with Crippen molar-refractivity contribution in [3.8, 4) is 23.0 Å². The van der Waals surface area contributed by atoms with E-state index in [0.717, 1.165) is 28.9 Å². The number of amides is 1. The lowest BCUT2D eigenvalue weighted by atomic mass is 9.87. The van der Waals surface area contributed by atoms with Crippen molar-refractivity contribution in [2.45, 2.75) is 12.5 Å². The standard InChI is InChI=1S/C26H27NO5/c1-29-20-10-8-17(9-11-20)25-22-16-24(32-4)23(31-3)15-18(22)12-13-27(25)26(28)19-6-5-7-21(14-19)30-2/h5-11,14-16,25H,12-13H2,1-4H3.